The Labute approximate surface area is 155 Å². The third-order valence-corrected chi connectivity index (χ3v) is 4.93. The van der Waals surface area contributed by atoms with Crippen LogP contribution in [-0.2, 0) is 11.3 Å². The number of H-pyrrole nitrogens is 1. The summed E-state index contributed by atoms with van der Waals surface area (Å²) < 4.78 is 19.3. The molecule has 1 atom stereocenters. The van der Waals surface area contributed by atoms with E-state index < -0.39 is 18.0 Å². The first-order valence-corrected chi connectivity index (χ1v) is 8.92. The molecule has 0 spiro atoms. The third-order valence-electron chi connectivity index (χ3n) is 4.93. The van der Waals surface area contributed by atoms with Gasteiger partial charge in [-0.1, -0.05) is 42.5 Å². The van der Waals surface area contributed by atoms with Gasteiger partial charge in [-0.2, -0.15) is 0 Å². The highest BCUT2D eigenvalue weighted by atomic mass is 19.1. The average Bonchev–Trinajstić information content (AvgIpc) is 3.34. The number of ether oxygens (including phenoxy) is 1. The SMILES string of the molecule is O=C(c1c[nH]c2c(F)cccc12)[C@H]1CCCN1C(=O)OCc1ccccc1. The zero-order valence-corrected chi connectivity index (χ0v) is 14.7. The highest BCUT2D eigenvalue weighted by molar-refractivity contribution is 6.11. The number of likely N-dealkylation sites (tertiary alicyclic amines) is 1. The minimum Gasteiger partial charge on any atom is -0.445 e. The van der Waals surface area contributed by atoms with E-state index in [4.69, 9.17) is 4.74 Å². The summed E-state index contributed by atoms with van der Waals surface area (Å²) in [6.07, 6.45) is 2.32. The summed E-state index contributed by atoms with van der Waals surface area (Å²) in [6.45, 7) is 0.635. The summed E-state index contributed by atoms with van der Waals surface area (Å²) in [7, 11) is 0. The minimum absolute atomic E-state index is 0.162. The number of fused-ring (bicyclic) bond motifs is 1. The smallest absolute Gasteiger partial charge is 0.410 e. The third kappa shape index (κ3) is 3.30. The molecule has 2 aromatic carbocycles. The molecule has 0 unspecified atom stereocenters. The lowest BCUT2D eigenvalue weighted by atomic mass is 10.0. The van der Waals surface area contributed by atoms with E-state index in [1.165, 1.54) is 17.2 Å². The lowest BCUT2D eigenvalue weighted by Crippen LogP contribution is -2.40. The average molecular weight is 366 g/mol. The van der Waals surface area contributed by atoms with Crippen LogP contribution in [-0.4, -0.2) is 34.3 Å². The monoisotopic (exact) mass is 366 g/mol. The number of hydrogen-bond donors (Lipinski definition) is 1. The van der Waals surface area contributed by atoms with Crippen molar-refractivity contribution in [1.82, 2.24) is 9.88 Å². The highest BCUT2D eigenvalue weighted by Gasteiger charge is 2.36. The Morgan fingerprint density at radius 2 is 1.96 bits per heavy atom. The second-order valence-corrected chi connectivity index (χ2v) is 6.62. The van der Waals surface area contributed by atoms with Crippen LogP contribution in [0.3, 0.4) is 0 Å². The van der Waals surface area contributed by atoms with Crippen molar-refractivity contribution in [3.8, 4) is 0 Å². The number of hydrogen-bond acceptors (Lipinski definition) is 3. The number of carbonyl (C=O) groups is 2. The Hall–Kier alpha value is -3.15. The summed E-state index contributed by atoms with van der Waals surface area (Å²) >= 11 is 0. The molecular weight excluding hydrogens is 347 g/mol. The van der Waals surface area contributed by atoms with Crippen LogP contribution in [0.2, 0.25) is 0 Å². The molecule has 1 aromatic heterocycles. The second kappa shape index (κ2) is 7.23. The van der Waals surface area contributed by atoms with E-state index in [0.29, 0.717) is 29.4 Å². The Morgan fingerprint density at radius 1 is 1.15 bits per heavy atom. The van der Waals surface area contributed by atoms with Gasteiger partial charge in [-0.15, -0.1) is 0 Å². The van der Waals surface area contributed by atoms with Crippen molar-refractivity contribution in [3.63, 3.8) is 0 Å². The van der Waals surface area contributed by atoms with Crippen molar-refractivity contribution < 1.29 is 18.7 Å². The van der Waals surface area contributed by atoms with Crippen LogP contribution >= 0.6 is 0 Å². The molecule has 1 aliphatic heterocycles. The molecule has 0 saturated carbocycles. The van der Waals surface area contributed by atoms with Gasteiger partial charge in [-0.05, 0) is 24.5 Å². The normalized spacial score (nSPS) is 16.6. The van der Waals surface area contributed by atoms with E-state index in [2.05, 4.69) is 4.98 Å². The molecule has 138 valence electrons. The molecule has 0 radical (unpaired) electrons. The number of nitrogens with one attached hydrogen (secondary N) is 1. The summed E-state index contributed by atoms with van der Waals surface area (Å²) in [5, 5.41) is 0.532. The first-order valence-electron chi connectivity index (χ1n) is 8.92. The van der Waals surface area contributed by atoms with Crippen molar-refractivity contribution in [1.29, 1.82) is 0 Å². The quantitative estimate of drug-likeness (QED) is 0.701. The first-order chi connectivity index (χ1) is 13.1. The summed E-state index contributed by atoms with van der Waals surface area (Å²) in [5.41, 5.74) is 1.59. The van der Waals surface area contributed by atoms with Gasteiger partial charge in [0.05, 0.1) is 11.6 Å². The number of aromatic amines is 1. The number of ketones is 1. The topological polar surface area (TPSA) is 62.4 Å². The number of benzene rings is 2. The lowest BCUT2D eigenvalue weighted by Gasteiger charge is -2.23. The van der Waals surface area contributed by atoms with Crippen LogP contribution in [0.4, 0.5) is 9.18 Å². The van der Waals surface area contributed by atoms with E-state index in [1.54, 1.807) is 12.1 Å². The fraction of sp³-hybridized carbons (Fsp3) is 0.238. The molecule has 0 bridgehead atoms. The van der Waals surface area contributed by atoms with E-state index in [9.17, 15) is 14.0 Å². The van der Waals surface area contributed by atoms with E-state index in [0.717, 1.165) is 12.0 Å². The summed E-state index contributed by atoms with van der Waals surface area (Å²) in [4.78, 5) is 29.8. The summed E-state index contributed by atoms with van der Waals surface area (Å²) in [6, 6.07) is 13.4. The molecule has 1 saturated heterocycles. The van der Waals surface area contributed by atoms with Crippen LogP contribution in [0.25, 0.3) is 10.9 Å². The van der Waals surface area contributed by atoms with Gasteiger partial charge in [0.1, 0.15) is 12.4 Å². The fourth-order valence-electron chi connectivity index (χ4n) is 3.56. The van der Waals surface area contributed by atoms with E-state index in [1.807, 2.05) is 30.3 Å². The largest absolute Gasteiger partial charge is 0.445 e. The molecule has 27 heavy (non-hydrogen) atoms. The Morgan fingerprint density at radius 3 is 2.78 bits per heavy atom. The number of carbonyl (C=O) groups excluding carboxylic acids is 2. The fourth-order valence-corrected chi connectivity index (χ4v) is 3.56. The highest BCUT2D eigenvalue weighted by Crippen LogP contribution is 2.27. The van der Waals surface area contributed by atoms with Gasteiger partial charge < -0.3 is 9.72 Å². The van der Waals surface area contributed by atoms with Gasteiger partial charge in [0.2, 0.25) is 0 Å². The van der Waals surface area contributed by atoms with Gasteiger partial charge in [0.25, 0.3) is 0 Å². The van der Waals surface area contributed by atoms with Gasteiger partial charge in [0, 0.05) is 23.7 Å². The molecule has 3 aromatic rings. The maximum Gasteiger partial charge on any atom is 0.410 e. The van der Waals surface area contributed by atoms with Crippen molar-refractivity contribution in [2.45, 2.75) is 25.5 Å². The number of nitrogens with zero attached hydrogens (tertiary/aromatic N) is 1. The van der Waals surface area contributed by atoms with Gasteiger partial charge in [-0.3, -0.25) is 9.69 Å². The van der Waals surface area contributed by atoms with Crippen LogP contribution in [0.15, 0.2) is 54.7 Å². The molecule has 4 rings (SSSR count). The van der Waals surface area contributed by atoms with Crippen LogP contribution in [0.5, 0.6) is 0 Å². The minimum atomic E-state index is -0.587. The maximum atomic E-state index is 13.9. The molecule has 6 heteroatoms. The molecule has 0 aliphatic carbocycles. The molecule has 1 aliphatic rings. The lowest BCUT2D eigenvalue weighted by molar-refractivity contribution is 0.0739. The van der Waals surface area contributed by atoms with Gasteiger partial charge >= 0.3 is 6.09 Å². The number of halogens is 1. The van der Waals surface area contributed by atoms with Crippen LogP contribution in [0.1, 0.15) is 28.8 Å². The Balaban J connectivity index is 1.51. The van der Waals surface area contributed by atoms with Crippen molar-refractivity contribution >= 4 is 22.8 Å². The number of para-hydroxylation sites is 1. The number of rotatable bonds is 4. The molecule has 5 nitrogen and oxygen atoms in total. The van der Waals surface area contributed by atoms with Gasteiger partial charge in [0.15, 0.2) is 5.78 Å². The van der Waals surface area contributed by atoms with E-state index in [-0.39, 0.29) is 12.4 Å². The predicted octanol–water partition coefficient (Wildman–Crippen LogP) is 4.29. The zero-order chi connectivity index (χ0) is 18.8. The number of Topliss-reactive ketones (excluding diaryl/α,β-unsaturated/α-hetero) is 1. The Bertz CT molecular complexity index is 984. The number of aromatic nitrogens is 1. The standard InChI is InChI=1S/C21H19FN2O3/c22-17-9-4-8-15-16(12-23-19(15)17)20(25)18-10-5-11-24(18)21(26)27-13-14-6-2-1-3-7-14/h1-4,6-9,12,18,23H,5,10-11,13H2/t18-/m1/s1. The zero-order valence-electron chi connectivity index (χ0n) is 14.7. The maximum absolute atomic E-state index is 13.9. The molecule has 1 N–H and O–H groups in total. The Kier molecular flexibility index (Phi) is 4.62. The molecule has 1 amide bonds. The first kappa shape index (κ1) is 17.3. The van der Waals surface area contributed by atoms with E-state index >= 15 is 0 Å². The van der Waals surface area contributed by atoms with Crippen molar-refractivity contribution in [2.75, 3.05) is 6.54 Å². The predicted molar refractivity (Wildman–Crippen MR) is 98.9 cm³/mol. The molecule has 1 fully saturated rings. The van der Waals surface area contributed by atoms with Crippen LogP contribution < -0.4 is 0 Å². The van der Waals surface area contributed by atoms with Gasteiger partial charge in [-0.25, -0.2) is 9.18 Å². The molecule has 2 heterocycles. The number of amides is 1. The van der Waals surface area contributed by atoms with Crippen molar-refractivity contribution in [2.24, 2.45) is 0 Å². The van der Waals surface area contributed by atoms with Crippen molar-refractivity contribution in [3.05, 3.63) is 71.7 Å². The van der Waals surface area contributed by atoms with Crippen LogP contribution in [0, 0.1) is 5.82 Å². The second-order valence-electron chi connectivity index (χ2n) is 6.62. The molecular formula is C21H19FN2O3. The summed E-state index contributed by atoms with van der Waals surface area (Å²) in [5.74, 6) is -0.599.